The van der Waals surface area contributed by atoms with Gasteiger partial charge in [-0.15, -0.1) is 0 Å². The van der Waals surface area contributed by atoms with Crippen LogP contribution in [0.15, 0.2) is 65.8 Å². The Morgan fingerprint density at radius 1 is 1.16 bits per heavy atom. The van der Waals surface area contributed by atoms with Gasteiger partial charge in [-0.3, -0.25) is 4.79 Å². The number of hydrogen-bond acceptors (Lipinski definition) is 6. The maximum absolute atomic E-state index is 12.7. The summed E-state index contributed by atoms with van der Waals surface area (Å²) in [6.45, 7) is 4.60. The van der Waals surface area contributed by atoms with Gasteiger partial charge in [0.25, 0.3) is 5.56 Å². The molecule has 0 radical (unpaired) electrons. The smallest absolute Gasteiger partial charge is 0.291 e. The van der Waals surface area contributed by atoms with Gasteiger partial charge in [0.15, 0.2) is 0 Å². The molecule has 5 aromatic rings. The molecule has 3 heterocycles. The number of rotatable bonds is 5. The molecule has 0 N–H and O–H groups in total. The first-order chi connectivity index (χ1) is 15.1. The topological polar surface area (TPSA) is 74.3 Å². The standard InChI is InChI=1S/C23H19N5O2S/c1-3-30-19-10-9-16(11-15(19)2)21-17(13-27(26-21)18-7-5-4-6-8-18)12-20-22(29)28-23(31-20)24-14-25-28/h4-14H,3H2,1-2H3/b20-12+. The minimum absolute atomic E-state index is 0.182. The summed E-state index contributed by atoms with van der Waals surface area (Å²) in [6.07, 6.45) is 5.18. The van der Waals surface area contributed by atoms with Crippen molar-refractivity contribution in [2.75, 3.05) is 6.61 Å². The van der Waals surface area contributed by atoms with Crippen LogP contribution >= 0.6 is 11.3 Å². The van der Waals surface area contributed by atoms with Crippen molar-refractivity contribution < 1.29 is 4.74 Å². The van der Waals surface area contributed by atoms with Gasteiger partial charge in [0.05, 0.1) is 16.8 Å². The lowest BCUT2D eigenvalue weighted by atomic mass is 10.0. The second-order valence-electron chi connectivity index (χ2n) is 7.00. The van der Waals surface area contributed by atoms with Crippen molar-refractivity contribution in [2.45, 2.75) is 13.8 Å². The highest BCUT2D eigenvalue weighted by atomic mass is 32.1. The van der Waals surface area contributed by atoms with E-state index in [1.165, 1.54) is 22.2 Å². The predicted octanol–water partition coefficient (Wildman–Crippen LogP) is 3.26. The molecule has 0 fully saturated rings. The lowest BCUT2D eigenvalue weighted by Gasteiger charge is -2.08. The first-order valence-corrected chi connectivity index (χ1v) is 10.7. The van der Waals surface area contributed by atoms with E-state index in [4.69, 9.17) is 9.84 Å². The second kappa shape index (κ2) is 7.81. The fourth-order valence-electron chi connectivity index (χ4n) is 3.46. The van der Waals surface area contributed by atoms with Gasteiger partial charge < -0.3 is 4.74 Å². The number of aromatic nitrogens is 5. The Bertz CT molecular complexity index is 1480. The van der Waals surface area contributed by atoms with Crippen molar-refractivity contribution in [3.05, 3.63) is 87.1 Å². The van der Waals surface area contributed by atoms with Crippen LogP contribution in [0.4, 0.5) is 0 Å². The van der Waals surface area contributed by atoms with Gasteiger partial charge in [-0.1, -0.05) is 29.5 Å². The van der Waals surface area contributed by atoms with Crippen LogP contribution in [0.3, 0.4) is 0 Å². The minimum atomic E-state index is -0.182. The summed E-state index contributed by atoms with van der Waals surface area (Å²) in [5, 5.41) is 8.85. The van der Waals surface area contributed by atoms with Gasteiger partial charge in [-0.2, -0.15) is 14.7 Å². The Hall–Kier alpha value is -3.78. The number of hydrogen-bond donors (Lipinski definition) is 0. The highest BCUT2D eigenvalue weighted by molar-refractivity contribution is 7.15. The van der Waals surface area contributed by atoms with Crippen LogP contribution in [0, 0.1) is 6.92 Å². The van der Waals surface area contributed by atoms with E-state index in [-0.39, 0.29) is 5.56 Å². The van der Waals surface area contributed by atoms with Crippen molar-refractivity contribution in [2.24, 2.45) is 0 Å². The Morgan fingerprint density at radius 3 is 2.74 bits per heavy atom. The zero-order valence-corrected chi connectivity index (χ0v) is 17.8. The van der Waals surface area contributed by atoms with Gasteiger partial charge in [-0.25, -0.2) is 9.67 Å². The summed E-state index contributed by atoms with van der Waals surface area (Å²) in [5.74, 6) is 0.853. The molecule has 31 heavy (non-hydrogen) atoms. The molecule has 0 amide bonds. The first-order valence-electron chi connectivity index (χ1n) is 9.87. The maximum atomic E-state index is 12.7. The third-order valence-electron chi connectivity index (χ3n) is 4.92. The van der Waals surface area contributed by atoms with Crippen molar-refractivity contribution >= 4 is 22.4 Å². The fourth-order valence-corrected chi connectivity index (χ4v) is 4.34. The van der Waals surface area contributed by atoms with Crippen molar-refractivity contribution in [1.82, 2.24) is 24.4 Å². The number of aryl methyl sites for hydroxylation is 1. The zero-order chi connectivity index (χ0) is 21.4. The van der Waals surface area contributed by atoms with Gasteiger partial charge in [-0.05, 0) is 55.8 Å². The molecule has 8 heteroatoms. The number of para-hydroxylation sites is 1. The molecule has 0 saturated heterocycles. The van der Waals surface area contributed by atoms with Gasteiger partial charge in [0.2, 0.25) is 4.96 Å². The molecule has 5 rings (SSSR count). The molecule has 154 valence electrons. The molecule has 0 atom stereocenters. The van der Waals surface area contributed by atoms with Crippen LogP contribution < -0.4 is 14.8 Å². The van der Waals surface area contributed by atoms with Crippen LogP contribution in [0.5, 0.6) is 5.75 Å². The minimum Gasteiger partial charge on any atom is -0.494 e. The molecular formula is C23H19N5O2S. The third-order valence-corrected chi connectivity index (χ3v) is 5.89. The van der Waals surface area contributed by atoms with Crippen molar-refractivity contribution in [3.63, 3.8) is 0 Å². The Labute approximate surface area is 181 Å². The number of benzene rings is 2. The number of fused-ring (bicyclic) bond motifs is 1. The van der Waals surface area contributed by atoms with Crippen LogP contribution in [-0.4, -0.2) is 31.0 Å². The van der Waals surface area contributed by atoms with Gasteiger partial charge in [0.1, 0.15) is 17.8 Å². The molecule has 7 nitrogen and oxygen atoms in total. The highest BCUT2D eigenvalue weighted by Gasteiger charge is 2.14. The highest BCUT2D eigenvalue weighted by Crippen LogP contribution is 2.29. The van der Waals surface area contributed by atoms with Crippen molar-refractivity contribution in [1.29, 1.82) is 0 Å². The zero-order valence-electron chi connectivity index (χ0n) is 17.0. The molecule has 0 aliphatic carbocycles. The van der Waals surface area contributed by atoms with Gasteiger partial charge in [0, 0.05) is 17.3 Å². The summed E-state index contributed by atoms with van der Waals surface area (Å²) in [5.41, 5.74) is 4.37. The fraction of sp³-hybridized carbons (Fsp3) is 0.130. The summed E-state index contributed by atoms with van der Waals surface area (Å²) in [7, 11) is 0. The Kier molecular flexibility index (Phi) is 4.83. The summed E-state index contributed by atoms with van der Waals surface area (Å²) >= 11 is 1.31. The second-order valence-corrected chi connectivity index (χ2v) is 8.01. The molecule has 0 spiro atoms. The largest absolute Gasteiger partial charge is 0.494 e. The molecular weight excluding hydrogens is 410 g/mol. The van der Waals surface area contributed by atoms with E-state index in [2.05, 4.69) is 16.1 Å². The molecule has 0 bridgehead atoms. The predicted molar refractivity (Wildman–Crippen MR) is 121 cm³/mol. The van der Waals surface area contributed by atoms with Gasteiger partial charge >= 0.3 is 0 Å². The normalized spacial score (nSPS) is 12.0. The van der Waals surface area contributed by atoms with E-state index in [0.717, 1.165) is 33.8 Å². The van der Waals surface area contributed by atoms with E-state index in [9.17, 15) is 4.79 Å². The third kappa shape index (κ3) is 3.51. The van der Waals surface area contributed by atoms with Crippen LogP contribution in [0.25, 0.3) is 28.0 Å². The van der Waals surface area contributed by atoms with E-state index < -0.39 is 0 Å². The van der Waals surface area contributed by atoms with E-state index in [1.807, 2.05) is 73.3 Å². The molecule has 0 aliphatic heterocycles. The van der Waals surface area contributed by atoms with E-state index >= 15 is 0 Å². The number of ether oxygens (including phenoxy) is 1. The molecule has 2 aromatic carbocycles. The number of thiazole rings is 1. The van der Waals surface area contributed by atoms with E-state index in [1.54, 1.807) is 0 Å². The Balaban J connectivity index is 1.70. The molecule has 3 aromatic heterocycles. The Morgan fingerprint density at radius 2 is 2.00 bits per heavy atom. The summed E-state index contributed by atoms with van der Waals surface area (Å²) in [6, 6.07) is 15.9. The quantitative estimate of drug-likeness (QED) is 0.429. The summed E-state index contributed by atoms with van der Waals surface area (Å²) < 4.78 is 9.39. The first kappa shape index (κ1) is 19.2. The lowest BCUT2D eigenvalue weighted by Crippen LogP contribution is -2.23. The average Bonchev–Trinajstić information content (AvgIpc) is 3.48. The lowest BCUT2D eigenvalue weighted by molar-refractivity contribution is 0.338. The molecule has 0 aliphatic rings. The van der Waals surface area contributed by atoms with Crippen LogP contribution in [0.2, 0.25) is 0 Å². The monoisotopic (exact) mass is 429 g/mol. The van der Waals surface area contributed by atoms with Crippen LogP contribution in [0.1, 0.15) is 18.1 Å². The van der Waals surface area contributed by atoms with Crippen molar-refractivity contribution in [3.8, 4) is 22.7 Å². The molecule has 0 saturated carbocycles. The maximum Gasteiger partial charge on any atom is 0.291 e. The summed E-state index contributed by atoms with van der Waals surface area (Å²) in [4.78, 5) is 17.4. The average molecular weight is 430 g/mol. The van der Waals surface area contributed by atoms with Crippen LogP contribution in [-0.2, 0) is 0 Å². The molecule has 0 unspecified atom stereocenters. The number of nitrogens with zero attached hydrogens (tertiary/aromatic N) is 5. The SMILES string of the molecule is CCOc1ccc(-c2nn(-c3ccccc3)cc2/C=c2/sc3ncnn3c2=O)cc1C. The van der Waals surface area contributed by atoms with E-state index in [0.29, 0.717) is 16.1 Å².